The van der Waals surface area contributed by atoms with Crippen LogP contribution in [0.1, 0.15) is 10.4 Å². The van der Waals surface area contributed by atoms with Crippen LogP contribution >= 0.6 is 0 Å². The summed E-state index contributed by atoms with van der Waals surface area (Å²) in [6.07, 6.45) is 0. The molecule has 0 fully saturated rings. The molecule has 0 radical (unpaired) electrons. The van der Waals surface area contributed by atoms with Gasteiger partial charge in [-0.1, -0.05) is 42.5 Å². The van der Waals surface area contributed by atoms with Crippen LogP contribution in [0.2, 0.25) is 0 Å². The molecule has 4 rings (SSSR count). The molecule has 0 spiro atoms. The molecule has 0 saturated carbocycles. The maximum atomic E-state index is 12.7. The van der Waals surface area contributed by atoms with E-state index >= 15 is 0 Å². The summed E-state index contributed by atoms with van der Waals surface area (Å²) in [6, 6.07) is 34.2. The zero-order valence-electron chi connectivity index (χ0n) is 15.6. The van der Waals surface area contributed by atoms with Crippen molar-refractivity contribution >= 4 is 16.9 Å². The van der Waals surface area contributed by atoms with Crippen LogP contribution in [0.3, 0.4) is 0 Å². The van der Waals surface area contributed by atoms with Crippen molar-refractivity contribution in [2.75, 3.05) is 0 Å². The van der Waals surface area contributed by atoms with E-state index in [1.807, 2.05) is 54.6 Å². The molecule has 0 unspecified atom stereocenters. The summed E-state index contributed by atoms with van der Waals surface area (Å²) < 4.78 is 5.45. The molecule has 0 aliphatic heterocycles. The van der Waals surface area contributed by atoms with Gasteiger partial charge in [0.25, 0.3) is 0 Å². The number of phenolic OH excluding ortho intramolecular Hbond substituents is 1. The highest BCUT2D eigenvalue weighted by Crippen LogP contribution is 2.31. The van der Waals surface area contributed by atoms with E-state index in [0.717, 1.165) is 4.90 Å². The Morgan fingerprint density at radius 1 is 0.655 bits per heavy atom. The molecule has 0 saturated heterocycles. The first-order valence-electron chi connectivity index (χ1n) is 9.16. The van der Waals surface area contributed by atoms with Gasteiger partial charge < -0.3 is 9.84 Å². The molecule has 4 aromatic carbocycles. The Hall–Kier alpha value is -3.50. The summed E-state index contributed by atoms with van der Waals surface area (Å²) in [5, 5.41) is 9.38. The van der Waals surface area contributed by atoms with Crippen LogP contribution in [0.4, 0.5) is 0 Å². The minimum Gasteiger partial charge on any atom is -0.508 e. The fourth-order valence-electron chi connectivity index (χ4n) is 2.95. The Morgan fingerprint density at radius 3 is 1.79 bits per heavy atom. The summed E-state index contributed by atoms with van der Waals surface area (Å²) in [6.45, 7) is 0. The number of rotatable bonds is 5. The average molecular weight is 399 g/mol. The third kappa shape index (κ3) is 4.50. The highest BCUT2D eigenvalue weighted by molar-refractivity contribution is 7.97. The molecule has 0 aromatic heterocycles. The fraction of sp³-hybridized carbons (Fsp3) is 0. The van der Waals surface area contributed by atoms with E-state index in [9.17, 15) is 9.90 Å². The number of carbonyl (C=O) groups is 1. The lowest BCUT2D eigenvalue weighted by molar-refractivity contribution is 0.0734. The molecular weight excluding hydrogens is 380 g/mol. The fourth-order valence-corrected chi connectivity index (χ4v) is 5.09. The van der Waals surface area contributed by atoms with Gasteiger partial charge in [-0.3, -0.25) is 0 Å². The first-order valence-corrected chi connectivity index (χ1v) is 10.4. The van der Waals surface area contributed by atoms with Crippen LogP contribution in [0.5, 0.6) is 11.5 Å². The zero-order chi connectivity index (χ0) is 20.1. The van der Waals surface area contributed by atoms with Crippen molar-refractivity contribution in [3.8, 4) is 11.5 Å². The first-order chi connectivity index (χ1) is 14.2. The molecule has 29 heavy (non-hydrogen) atoms. The van der Waals surface area contributed by atoms with Gasteiger partial charge in [0.2, 0.25) is 0 Å². The number of hydrogen-bond donors (Lipinski definition) is 1. The van der Waals surface area contributed by atoms with Crippen molar-refractivity contribution in [3.05, 3.63) is 115 Å². The highest BCUT2D eigenvalue weighted by atomic mass is 32.2. The van der Waals surface area contributed by atoms with Crippen molar-refractivity contribution in [2.24, 2.45) is 0 Å². The third-order valence-corrected chi connectivity index (χ3v) is 6.52. The second kappa shape index (κ2) is 8.67. The van der Waals surface area contributed by atoms with Gasteiger partial charge in [0.15, 0.2) is 14.7 Å². The third-order valence-electron chi connectivity index (χ3n) is 4.31. The van der Waals surface area contributed by atoms with E-state index in [0.29, 0.717) is 11.3 Å². The minimum absolute atomic E-state index is 0.126. The maximum Gasteiger partial charge on any atom is 0.343 e. The molecule has 1 N–H and O–H groups in total. The quantitative estimate of drug-likeness (QED) is 0.266. The Kier molecular flexibility index (Phi) is 5.63. The van der Waals surface area contributed by atoms with Gasteiger partial charge in [-0.2, -0.15) is 0 Å². The van der Waals surface area contributed by atoms with E-state index in [1.54, 1.807) is 18.2 Å². The van der Waals surface area contributed by atoms with Gasteiger partial charge in [0.05, 0.1) is 16.5 Å². The smallest absolute Gasteiger partial charge is 0.343 e. The van der Waals surface area contributed by atoms with Crippen LogP contribution in [-0.2, 0) is 10.9 Å². The largest absolute Gasteiger partial charge is 0.508 e. The molecule has 4 aromatic rings. The molecule has 0 aliphatic carbocycles. The second-order valence-electron chi connectivity index (χ2n) is 6.34. The summed E-state index contributed by atoms with van der Waals surface area (Å²) in [5.74, 6) is 0.0899. The lowest BCUT2D eigenvalue weighted by Gasteiger charge is -2.09. The Labute approximate surface area is 172 Å². The number of carbonyl (C=O) groups excluding carboxylic acids is 1. The molecular formula is C25H19O3S+. The van der Waals surface area contributed by atoms with Gasteiger partial charge in [-0.15, -0.1) is 0 Å². The molecule has 0 atom stereocenters. The Bertz CT molecular complexity index is 1050. The molecule has 0 amide bonds. The molecule has 0 heterocycles. The Balaban J connectivity index is 1.68. The topological polar surface area (TPSA) is 46.5 Å². The molecule has 0 bridgehead atoms. The Morgan fingerprint density at radius 2 is 1.21 bits per heavy atom. The highest BCUT2D eigenvalue weighted by Gasteiger charge is 2.29. The molecule has 0 aliphatic rings. The van der Waals surface area contributed by atoms with Gasteiger partial charge in [0.1, 0.15) is 11.5 Å². The monoisotopic (exact) mass is 399 g/mol. The lowest BCUT2D eigenvalue weighted by Crippen LogP contribution is -2.10. The summed E-state index contributed by atoms with van der Waals surface area (Å²) in [4.78, 5) is 16.1. The minimum atomic E-state index is -0.429. The lowest BCUT2D eigenvalue weighted by atomic mass is 10.2. The maximum absolute atomic E-state index is 12.7. The number of phenols is 1. The van der Waals surface area contributed by atoms with Crippen molar-refractivity contribution in [3.63, 3.8) is 0 Å². The van der Waals surface area contributed by atoms with Gasteiger partial charge in [-0.05, 0) is 60.7 Å². The van der Waals surface area contributed by atoms with Crippen molar-refractivity contribution < 1.29 is 14.6 Å². The predicted molar refractivity (Wildman–Crippen MR) is 115 cm³/mol. The molecule has 4 heteroatoms. The van der Waals surface area contributed by atoms with Gasteiger partial charge >= 0.3 is 5.97 Å². The number of aromatic hydroxyl groups is 1. The van der Waals surface area contributed by atoms with Gasteiger partial charge in [0, 0.05) is 6.07 Å². The number of hydrogen-bond acceptors (Lipinski definition) is 3. The normalized spacial score (nSPS) is 10.7. The summed E-state index contributed by atoms with van der Waals surface area (Å²) in [7, 11) is -0.332. The standard InChI is InChI=1S/C25H18O3S/c26-20-14-16-21(17-15-20)28-25(27)19-8-7-13-24(18-19)29(22-9-3-1-4-10-22)23-11-5-2-6-12-23/h1-18H/p+1. The summed E-state index contributed by atoms with van der Waals surface area (Å²) in [5.41, 5.74) is 0.486. The van der Waals surface area contributed by atoms with E-state index in [4.69, 9.17) is 4.74 Å². The van der Waals surface area contributed by atoms with Crippen LogP contribution in [0.15, 0.2) is 124 Å². The van der Waals surface area contributed by atoms with E-state index < -0.39 is 5.97 Å². The number of esters is 1. The van der Waals surface area contributed by atoms with Crippen LogP contribution in [-0.4, -0.2) is 11.1 Å². The van der Waals surface area contributed by atoms with Crippen LogP contribution in [0, 0.1) is 0 Å². The van der Waals surface area contributed by atoms with Crippen LogP contribution in [0.25, 0.3) is 0 Å². The summed E-state index contributed by atoms with van der Waals surface area (Å²) >= 11 is 0. The van der Waals surface area contributed by atoms with E-state index in [1.165, 1.54) is 21.9 Å². The van der Waals surface area contributed by atoms with E-state index in [-0.39, 0.29) is 16.6 Å². The number of benzene rings is 4. The van der Waals surface area contributed by atoms with Crippen molar-refractivity contribution in [1.82, 2.24) is 0 Å². The van der Waals surface area contributed by atoms with Crippen molar-refractivity contribution in [1.29, 1.82) is 0 Å². The second-order valence-corrected chi connectivity index (χ2v) is 8.37. The average Bonchev–Trinajstić information content (AvgIpc) is 2.77. The van der Waals surface area contributed by atoms with E-state index in [2.05, 4.69) is 24.3 Å². The molecule has 142 valence electrons. The SMILES string of the molecule is O=C(Oc1ccc(O)cc1)c1cccc([S+](c2ccccc2)c2ccccc2)c1. The molecule has 3 nitrogen and oxygen atoms in total. The van der Waals surface area contributed by atoms with Crippen LogP contribution < -0.4 is 4.74 Å². The van der Waals surface area contributed by atoms with Crippen molar-refractivity contribution in [2.45, 2.75) is 14.7 Å². The number of ether oxygens (including phenoxy) is 1. The zero-order valence-corrected chi connectivity index (χ0v) is 16.4. The first kappa shape index (κ1) is 18.8. The predicted octanol–water partition coefficient (Wildman–Crippen LogP) is 5.71. The van der Waals surface area contributed by atoms with Gasteiger partial charge in [-0.25, -0.2) is 4.79 Å².